The molecule has 1 saturated carbocycles. The molecule has 1 heterocycles. The normalized spacial score (nSPS) is 26.9. The van der Waals surface area contributed by atoms with Gasteiger partial charge in [-0.2, -0.15) is 0 Å². The summed E-state index contributed by atoms with van der Waals surface area (Å²) in [5, 5.41) is 1.47. The van der Waals surface area contributed by atoms with Crippen LogP contribution in [0.1, 0.15) is 31.2 Å². The molecule has 5 heteroatoms. The average molecular weight is 248 g/mol. The van der Waals surface area contributed by atoms with Gasteiger partial charge in [-0.05, 0) is 18.4 Å². The van der Waals surface area contributed by atoms with E-state index in [1.807, 2.05) is 30.3 Å². The summed E-state index contributed by atoms with van der Waals surface area (Å²) in [6.07, 6.45) is 4.43. The number of nitroso groups, excluding NO2 is 1. The Morgan fingerprint density at radius 2 is 2.06 bits per heavy atom. The Balaban J connectivity index is 1.63. The molecule has 1 aliphatic carbocycles. The zero-order valence-corrected chi connectivity index (χ0v) is 10.3. The van der Waals surface area contributed by atoms with E-state index in [4.69, 9.17) is 4.84 Å². The van der Waals surface area contributed by atoms with Crippen LogP contribution in [0.15, 0.2) is 30.3 Å². The number of nitrogens with zero attached hydrogens (tertiary/aromatic N) is 2. The van der Waals surface area contributed by atoms with Crippen molar-refractivity contribution in [1.29, 1.82) is 0 Å². The predicted molar refractivity (Wildman–Crippen MR) is 65.9 cm³/mol. The Kier molecular flexibility index (Phi) is 3.15. The van der Waals surface area contributed by atoms with Gasteiger partial charge in [-0.15, -0.1) is 5.43 Å². The third-order valence-corrected chi connectivity index (χ3v) is 3.67. The van der Waals surface area contributed by atoms with E-state index in [0.717, 1.165) is 23.4 Å². The zero-order chi connectivity index (χ0) is 12.4. The van der Waals surface area contributed by atoms with Crippen molar-refractivity contribution in [2.24, 2.45) is 0 Å². The maximum atomic E-state index is 11.8. The second-order valence-corrected chi connectivity index (χ2v) is 4.92. The third kappa shape index (κ3) is 2.18. The quantitative estimate of drug-likeness (QED) is 0.830. The fourth-order valence-electron chi connectivity index (χ4n) is 2.72. The first kappa shape index (κ1) is 11.5. The fourth-order valence-corrected chi connectivity index (χ4v) is 2.72. The van der Waals surface area contributed by atoms with Gasteiger partial charge in [-0.3, -0.25) is 0 Å². The maximum Gasteiger partial charge on any atom is 0.275 e. The number of benzene rings is 1. The molecule has 96 valence electrons. The van der Waals surface area contributed by atoms with Crippen LogP contribution in [-0.4, -0.2) is 22.2 Å². The lowest BCUT2D eigenvalue weighted by Gasteiger charge is -2.21. The summed E-state index contributed by atoms with van der Waals surface area (Å²) in [5.41, 5.74) is 4.00. The van der Waals surface area contributed by atoms with E-state index in [1.165, 1.54) is 18.0 Å². The fraction of sp³-hybridized carbons (Fsp3) is 0.538. The van der Waals surface area contributed by atoms with Gasteiger partial charge in [0.15, 0.2) is 0 Å². The van der Waals surface area contributed by atoms with E-state index in [2.05, 4.69) is 5.43 Å². The van der Waals surface area contributed by atoms with Crippen molar-refractivity contribution in [2.75, 3.05) is 0 Å². The number of hydrogen-bond acceptors (Lipinski definition) is 2. The largest absolute Gasteiger partial charge is 0.275 e. The van der Waals surface area contributed by atoms with E-state index in [1.54, 1.807) is 0 Å². The van der Waals surface area contributed by atoms with Gasteiger partial charge < -0.3 is 0 Å². The number of nitrogens with one attached hydrogen (secondary N) is 1. The van der Waals surface area contributed by atoms with E-state index < -0.39 is 0 Å². The first-order valence-electron chi connectivity index (χ1n) is 6.54. The first-order chi connectivity index (χ1) is 8.84. The van der Waals surface area contributed by atoms with Gasteiger partial charge in [0, 0.05) is 5.17 Å². The van der Waals surface area contributed by atoms with Crippen LogP contribution < -0.4 is 5.43 Å². The van der Waals surface area contributed by atoms with Crippen molar-refractivity contribution in [3.63, 3.8) is 0 Å². The molecule has 1 saturated heterocycles. The van der Waals surface area contributed by atoms with Crippen LogP contribution in [0.4, 0.5) is 0 Å². The van der Waals surface area contributed by atoms with Gasteiger partial charge >= 0.3 is 0 Å². The lowest BCUT2D eigenvalue weighted by atomic mass is 9.92. The minimum absolute atomic E-state index is 0.181. The highest BCUT2D eigenvalue weighted by molar-refractivity contribution is 5.13. The molecule has 1 aromatic rings. The van der Waals surface area contributed by atoms with E-state index in [-0.39, 0.29) is 12.1 Å². The maximum absolute atomic E-state index is 11.8. The van der Waals surface area contributed by atoms with Gasteiger partial charge in [-0.25, -0.2) is 4.84 Å². The molecule has 0 spiro atoms. The second-order valence-electron chi connectivity index (χ2n) is 4.92. The molecule has 0 amide bonds. The second kappa shape index (κ2) is 4.94. The molecule has 3 rings (SSSR count). The van der Waals surface area contributed by atoms with Gasteiger partial charge in [0.1, 0.15) is 18.7 Å². The van der Waals surface area contributed by atoms with Gasteiger partial charge in [-0.1, -0.05) is 43.2 Å². The minimum atomic E-state index is 0.181. The summed E-state index contributed by atoms with van der Waals surface area (Å²) < 4.78 is 0. The van der Waals surface area contributed by atoms with Crippen LogP contribution in [0.5, 0.6) is 0 Å². The molecule has 5 nitrogen and oxygen atoms in total. The Morgan fingerprint density at radius 3 is 2.89 bits per heavy atom. The van der Waals surface area contributed by atoms with Crippen molar-refractivity contribution >= 4 is 0 Å². The Bertz CT molecular complexity index is 424. The van der Waals surface area contributed by atoms with Crippen LogP contribution in [0.2, 0.25) is 0 Å². The molecular weight excluding hydrogens is 230 g/mol. The highest BCUT2D eigenvalue weighted by Crippen LogP contribution is 2.27. The number of rotatable bonds is 3. The van der Waals surface area contributed by atoms with Gasteiger partial charge in [0.25, 0.3) is 4.98 Å². The highest BCUT2D eigenvalue weighted by atomic mass is 16.8. The van der Waals surface area contributed by atoms with Crippen LogP contribution >= 0.6 is 0 Å². The Morgan fingerprint density at radius 1 is 1.28 bits per heavy atom. The van der Waals surface area contributed by atoms with Crippen LogP contribution in [-0.2, 0) is 11.4 Å². The minimum Gasteiger partial charge on any atom is -0.215 e. The molecule has 18 heavy (non-hydrogen) atoms. The summed E-state index contributed by atoms with van der Waals surface area (Å²) in [6, 6.07) is 10.3. The molecule has 2 aliphatic rings. The van der Waals surface area contributed by atoms with Gasteiger partial charge in [0.05, 0.1) is 4.91 Å². The average Bonchev–Trinajstić information content (AvgIpc) is 2.73. The molecule has 2 atom stereocenters. The number of hydrazine groups is 2. The standard InChI is InChI=1S/C13H18N3O2/c17-16-14-12-8-4-5-9-13(12)15(16)18-10-11-6-2-1-3-7-11/h1-3,6-7,12-13H,4-5,8-10H2,(H,14,17)/q+1/t12-,13+/m1/s1. The molecule has 0 aromatic heterocycles. The number of hydrogen-bond donors (Lipinski definition) is 1. The molecule has 1 aliphatic heterocycles. The van der Waals surface area contributed by atoms with E-state index in [9.17, 15) is 4.91 Å². The lowest BCUT2D eigenvalue weighted by molar-refractivity contribution is -0.799. The summed E-state index contributed by atoms with van der Waals surface area (Å²) in [4.78, 5) is 18.2. The molecule has 0 unspecified atom stereocenters. The SMILES string of the molecule is O=[N+]1N[C@@H]2CCCC[C@@H]2N1OCc1ccccc1. The molecule has 0 radical (unpaired) electrons. The molecule has 2 fully saturated rings. The van der Waals surface area contributed by atoms with Crippen molar-refractivity contribution < 1.29 is 9.82 Å². The van der Waals surface area contributed by atoms with E-state index >= 15 is 0 Å². The molecule has 0 bridgehead atoms. The molecule has 1 aromatic carbocycles. The van der Waals surface area contributed by atoms with E-state index in [0.29, 0.717) is 6.61 Å². The summed E-state index contributed by atoms with van der Waals surface area (Å²) in [7, 11) is 0. The molecule has 1 N–H and O–H groups in total. The Hall–Kier alpha value is -1.62. The van der Waals surface area contributed by atoms with Crippen molar-refractivity contribution in [1.82, 2.24) is 10.6 Å². The van der Waals surface area contributed by atoms with Crippen molar-refractivity contribution in [2.45, 2.75) is 44.4 Å². The zero-order valence-electron chi connectivity index (χ0n) is 10.3. The molecular formula is C13H18N3O2+. The monoisotopic (exact) mass is 248 g/mol. The van der Waals surface area contributed by atoms with Crippen LogP contribution in [0.3, 0.4) is 0 Å². The van der Waals surface area contributed by atoms with Gasteiger partial charge in [0.2, 0.25) is 0 Å². The number of fused-ring (bicyclic) bond motifs is 1. The van der Waals surface area contributed by atoms with Crippen LogP contribution in [0.25, 0.3) is 0 Å². The van der Waals surface area contributed by atoms with Crippen LogP contribution in [0, 0.1) is 4.91 Å². The smallest absolute Gasteiger partial charge is 0.215 e. The van der Waals surface area contributed by atoms with Crippen molar-refractivity contribution in [3.05, 3.63) is 40.8 Å². The highest BCUT2D eigenvalue weighted by Gasteiger charge is 2.49. The summed E-state index contributed by atoms with van der Waals surface area (Å²) in [5.74, 6) is 0. The summed E-state index contributed by atoms with van der Waals surface area (Å²) >= 11 is 0. The number of hydroxylamine groups is 1. The summed E-state index contributed by atoms with van der Waals surface area (Å²) in [6.45, 7) is 0.435. The first-order valence-corrected chi connectivity index (χ1v) is 6.54. The predicted octanol–water partition coefficient (Wildman–Crippen LogP) is 1.94. The lowest BCUT2D eigenvalue weighted by Crippen LogP contribution is -2.39. The topological polar surface area (TPSA) is 44.6 Å². The van der Waals surface area contributed by atoms with Crippen molar-refractivity contribution in [3.8, 4) is 0 Å². The third-order valence-electron chi connectivity index (χ3n) is 3.67. The Labute approximate surface area is 106 Å².